The summed E-state index contributed by atoms with van der Waals surface area (Å²) in [4.78, 5) is 37.2. The molecule has 8 nitrogen and oxygen atoms in total. The lowest BCUT2D eigenvalue weighted by molar-refractivity contribution is -0.887. The monoisotopic (exact) mass is 887 g/mol. The molecule has 0 bridgehead atoms. The summed E-state index contributed by atoms with van der Waals surface area (Å²) in [5.74, 6) is -1.47. The van der Waals surface area contributed by atoms with Gasteiger partial charge in [0, 0.05) is 19.3 Å². The lowest BCUT2D eigenvalue weighted by Crippen LogP contribution is -2.50. The minimum absolute atomic E-state index is 0.0548. The second-order valence-corrected chi connectivity index (χ2v) is 18.8. The number of unbranched alkanes of at least 4 members (excludes halogenated alkanes) is 25. The SMILES string of the molecule is CC/C=C/C/C=C/C/C=C/C/C=C/CCCCCCCCC(=O)OC(COCCC(C(=O)O)[N+](C)(C)C)COC(=O)CCCCCCCCCCCCCCCCCCCCCC. The predicted octanol–water partition coefficient (Wildman–Crippen LogP) is 15.1. The van der Waals surface area contributed by atoms with Crippen LogP contribution < -0.4 is 0 Å². The van der Waals surface area contributed by atoms with E-state index < -0.39 is 18.1 Å². The van der Waals surface area contributed by atoms with Crippen LogP contribution in [0.3, 0.4) is 0 Å². The molecule has 0 saturated carbocycles. The van der Waals surface area contributed by atoms with Crippen molar-refractivity contribution in [3.63, 3.8) is 0 Å². The highest BCUT2D eigenvalue weighted by atomic mass is 16.6. The van der Waals surface area contributed by atoms with Crippen molar-refractivity contribution in [1.82, 2.24) is 0 Å². The number of quaternary nitrogens is 1. The summed E-state index contributed by atoms with van der Waals surface area (Å²) in [5.41, 5.74) is 0. The molecule has 0 aliphatic heterocycles. The van der Waals surface area contributed by atoms with E-state index in [-0.39, 0.29) is 36.2 Å². The van der Waals surface area contributed by atoms with Crippen LogP contribution in [0, 0.1) is 0 Å². The number of carboxylic acid groups (broad SMARTS) is 1. The van der Waals surface area contributed by atoms with E-state index in [1.165, 1.54) is 122 Å². The second-order valence-electron chi connectivity index (χ2n) is 18.8. The van der Waals surface area contributed by atoms with Crippen molar-refractivity contribution in [2.45, 2.75) is 244 Å². The zero-order valence-electron chi connectivity index (χ0n) is 41.8. The molecular weight excluding hydrogens is 787 g/mol. The van der Waals surface area contributed by atoms with Gasteiger partial charge >= 0.3 is 17.9 Å². The molecule has 0 rings (SSSR count). The molecule has 2 atom stereocenters. The number of allylic oxidation sites excluding steroid dienone is 8. The molecular formula is C55H100NO7+. The fourth-order valence-electron chi connectivity index (χ4n) is 7.73. The third kappa shape index (κ3) is 44.3. The summed E-state index contributed by atoms with van der Waals surface area (Å²) in [6.45, 7) is 4.64. The normalized spacial score (nSPS) is 13.2. The standard InChI is InChI=1S/C55H99NO7/c1-6-8-10-12-14-16-18-20-22-24-26-28-29-31-33-35-37-39-41-43-45-53(57)62-50-51(49-61-48-47-52(55(59)60)56(3,4)5)63-54(58)46-44-42-40-38-36-34-32-30-27-25-23-21-19-17-15-13-11-9-7-2/h9,11,15,17,21,23,27,30,51-52H,6-8,10,12-14,16,18-20,22,24-26,28-29,31-50H2,1-5H3/p+1/b11-9+,17-15+,23-21+,30-27+. The highest BCUT2D eigenvalue weighted by Gasteiger charge is 2.31. The van der Waals surface area contributed by atoms with E-state index in [1.54, 1.807) is 0 Å². The average Bonchev–Trinajstić information content (AvgIpc) is 3.24. The molecule has 0 aliphatic carbocycles. The van der Waals surface area contributed by atoms with Crippen molar-refractivity contribution in [3.8, 4) is 0 Å². The summed E-state index contributed by atoms with van der Waals surface area (Å²) in [6, 6.07) is -0.618. The first-order chi connectivity index (χ1) is 30.6. The van der Waals surface area contributed by atoms with Crippen molar-refractivity contribution in [2.75, 3.05) is 41.0 Å². The molecule has 0 aromatic rings. The lowest BCUT2D eigenvalue weighted by Gasteiger charge is -2.31. The summed E-state index contributed by atoms with van der Waals surface area (Å²) in [7, 11) is 5.53. The van der Waals surface area contributed by atoms with Gasteiger partial charge in [0.25, 0.3) is 0 Å². The molecule has 1 N–H and O–H groups in total. The number of likely N-dealkylation sites (N-methyl/N-ethyl adjacent to an activating group) is 1. The van der Waals surface area contributed by atoms with Crippen molar-refractivity contribution in [2.24, 2.45) is 0 Å². The van der Waals surface area contributed by atoms with Crippen LogP contribution in [0.2, 0.25) is 0 Å². The van der Waals surface area contributed by atoms with Crippen molar-refractivity contribution < 1.29 is 38.2 Å². The van der Waals surface area contributed by atoms with Crippen molar-refractivity contribution >= 4 is 17.9 Å². The molecule has 0 amide bonds. The van der Waals surface area contributed by atoms with E-state index in [0.29, 0.717) is 19.3 Å². The molecule has 0 saturated heterocycles. The first-order valence-corrected chi connectivity index (χ1v) is 26.2. The highest BCUT2D eigenvalue weighted by Crippen LogP contribution is 2.16. The quantitative estimate of drug-likeness (QED) is 0.0281. The van der Waals surface area contributed by atoms with E-state index in [0.717, 1.165) is 77.0 Å². The Bertz CT molecular complexity index is 1170. The van der Waals surface area contributed by atoms with E-state index in [1.807, 2.05) is 21.1 Å². The average molecular weight is 887 g/mol. The number of nitrogens with zero attached hydrogens (tertiary/aromatic N) is 1. The Morgan fingerprint density at radius 3 is 1.32 bits per heavy atom. The summed E-state index contributed by atoms with van der Waals surface area (Å²) < 4.78 is 17.4. The first-order valence-electron chi connectivity index (χ1n) is 26.2. The number of hydrogen-bond acceptors (Lipinski definition) is 6. The van der Waals surface area contributed by atoms with Gasteiger partial charge < -0.3 is 23.8 Å². The van der Waals surface area contributed by atoms with E-state index in [9.17, 15) is 19.5 Å². The van der Waals surface area contributed by atoms with Gasteiger partial charge in [-0.25, -0.2) is 4.79 Å². The van der Waals surface area contributed by atoms with Gasteiger partial charge in [-0.15, -0.1) is 0 Å². The molecule has 2 unspecified atom stereocenters. The second kappa shape index (κ2) is 45.8. The number of hydrogen-bond donors (Lipinski definition) is 1. The molecule has 8 heteroatoms. The molecule has 63 heavy (non-hydrogen) atoms. The fourth-order valence-corrected chi connectivity index (χ4v) is 7.73. The number of carbonyl (C=O) groups is 3. The fraction of sp³-hybridized carbons (Fsp3) is 0.800. The van der Waals surface area contributed by atoms with Crippen molar-refractivity contribution in [3.05, 3.63) is 48.6 Å². The summed E-state index contributed by atoms with van der Waals surface area (Å²) >= 11 is 0. The Labute approximate surface area is 388 Å². The minimum atomic E-state index is -0.876. The Kier molecular flexibility index (Phi) is 43.9. The van der Waals surface area contributed by atoms with Gasteiger partial charge in [-0.2, -0.15) is 0 Å². The third-order valence-electron chi connectivity index (χ3n) is 11.7. The van der Waals surface area contributed by atoms with Gasteiger partial charge in [-0.3, -0.25) is 9.59 Å². The number of rotatable bonds is 47. The molecule has 366 valence electrons. The molecule has 0 heterocycles. The zero-order valence-corrected chi connectivity index (χ0v) is 41.8. The number of aliphatic carboxylic acids is 1. The van der Waals surface area contributed by atoms with Crippen LogP contribution in [0.4, 0.5) is 0 Å². The van der Waals surface area contributed by atoms with Crippen LogP contribution in [-0.2, 0) is 28.6 Å². The highest BCUT2D eigenvalue weighted by molar-refractivity contribution is 5.72. The van der Waals surface area contributed by atoms with Crippen molar-refractivity contribution in [1.29, 1.82) is 0 Å². The minimum Gasteiger partial charge on any atom is -0.477 e. The largest absolute Gasteiger partial charge is 0.477 e. The van der Waals surface area contributed by atoms with Gasteiger partial charge in [-0.05, 0) is 51.4 Å². The molecule has 0 spiro atoms. The topological polar surface area (TPSA) is 99.1 Å². The van der Waals surface area contributed by atoms with Crippen LogP contribution in [0.25, 0.3) is 0 Å². The number of carbonyl (C=O) groups excluding carboxylic acids is 2. The molecule has 0 fully saturated rings. The predicted molar refractivity (Wildman–Crippen MR) is 266 cm³/mol. The molecule has 0 aromatic carbocycles. The third-order valence-corrected chi connectivity index (χ3v) is 11.7. The van der Waals surface area contributed by atoms with Gasteiger partial charge in [0.15, 0.2) is 12.1 Å². The number of carboxylic acids is 1. The van der Waals surface area contributed by atoms with Crippen LogP contribution >= 0.6 is 0 Å². The number of esters is 2. The van der Waals surface area contributed by atoms with Crippen LogP contribution in [0.15, 0.2) is 48.6 Å². The molecule has 0 aromatic heterocycles. The first kappa shape index (κ1) is 60.3. The molecule has 0 aliphatic rings. The Morgan fingerprint density at radius 2 is 0.889 bits per heavy atom. The maximum atomic E-state index is 12.8. The van der Waals surface area contributed by atoms with Crippen LogP contribution in [-0.4, -0.2) is 80.6 Å². The number of ether oxygens (including phenoxy) is 3. The Morgan fingerprint density at radius 1 is 0.492 bits per heavy atom. The molecule has 0 radical (unpaired) electrons. The van der Waals surface area contributed by atoms with Crippen LogP contribution in [0.1, 0.15) is 232 Å². The maximum Gasteiger partial charge on any atom is 0.362 e. The van der Waals surface area contributed by atoms with E-state index in [4.69, 9.17) is 14.2 Å². The van der Waals surface area contributed by atoms with E-state index in [2.05, 4.69) is 62.5 Å². The lowest BCUT2D eigenvalue weighted by atomic mass is 10.0. The van der Waals surface area contributed by atoms with Gasteiger partial charge in [0.1, 0.15) is 6.61 Å². The maximum absolute atomic E-state index is 12.8. The van der Waals surface area contributed by atoms with Gasteiger partial charge in [0.05, 0.1) is 34.4 Å². The summed E-state index contributed by atoms with van der Waals surface area (Å²) in [5, 5.41) is 9.66. The van der Waals surface area contributed by atoms with E-state index >= 15 is 0 Å². The summed E-state index contributed by atoms with van der Waals surface area (Å²) in [6.07, 6.45) is 55.9. The Hall–Kier alpha value is -2.71. The Balaban J connectivity index is 4.24. The van der Waals surface area contributed by atoms with Gasteiger partial charge in [0.2, 0.25) is 0 Å². The zero-order chi connectivity index (χ0) is 46.3. The van der Waals surface area contributed by atoms with Crippen LogP contribution in [0.5, 0.6) is 0 Å². The smallest absolute Gasteiger partial charge is 0.362 e. The van der Waals surface area contributed by atoms with Gasteiger partial charge in [-0.1, -0.05) is 210 Å².